The van der Waals surface area contributed by atoms with Crippen LogP contribution < -0.4 is 11.5 Å². The lowest BCUT2D eigenvalue weighted by Gasteiger charge is -2.03. The molecule has 0 spiro atoms. The second-order valence-electron chi connectivity index (χ2n) is 2.21. The Morgan fingerprint density at radius 3 is 3.08 bits per heavy atom. The molecule has 1 aromatic heterocycles. The Kier molecular flexibility index (Phi) is 3.12. The molecule has 0 saturated carbocycles. The maximum absolute atomic E-state index is 10.5. The number of H-pyrrole nitrogens is 1. The quantitative estimate of drug-likeness (QED) is 0.542. The van der Waals surface area contributed by atoms with Gasteiger partial charge in [0.05, 0.1) is 6.04 Å². The van der Waals surface area contributed by atoms with E-state index in [1.807, 2.05) is 0 Å². The van der Waals surface area contributed by atoms with Gasteiger partial charge in [0.25, 0.3) is 0 Å². The summed E-state index contributed by atoms with van der Waals surface area (Å²) in [7, 11) is 0. The third-order valence-corrected chi connectivity index (χ3v) is 2.26. The summed E-state index contributed by atoms with van der Waals surface area (Å²) in [5.74, 6) is -0.0443. The van der Waals surface area contributed by atoms with Crippen molar-refractivity contribution in [3.8, 4) is 0 Å². The molecule has 12 heavy (non-hydrogen) atoms. The summed E-state index contributed by atoms with van der Waals surface area (Å²) in [6.45, 7) is 0. The van der Waals surface area contributed by atoms with E-state index < -0.39 is 11.9 Å². The molecule has 0 bridgehead atoms. The van der Waals surface area contributed by atoms with E-state index in [0.717, 1.165) is 5.16 Å². The van der Waals surface area contributed by atoms with Crippen LogP contribution in [-0.2, 0) is 4.79 Å². The number of hydrogen-bond donors (Lipinski definition) is 3. The van der Waals surface area contributed by atoms with Gasteiger partial charge in [0, 0.05) is 18.1 Å². The van der Waals surface area contributed by atoms with Crippen LogP contribution in [0.2, 0.25) is 0 Å². The van der Waals surface area contributed by atoms with Gasteiger partial charge in [-0.1, -0.05) is 11.8 Å². The number of carbonyl (C=O) groups excluding carboxylic acids is 1. The van der Waals surface area contributed by atoms with E-state index in [-0.39, 0.29) is 0 Å². The Morgan fingerprint density at radius 1 is 1.83 bits per heavy atom. The predicted molar refractivity (Wildman–Crippen MR) is 46.5 cm³/mol. The normalized spacial score (nSPS) is 12.8. The summed E-state index contributed by atoms with van der Waals surface area (Å²) < 4.78 is 0. The summed E-state index contributed by atoms with van der Waals surface area (Å²) in [5.41, 5.74) is 10.4. The molecule has 1 aromatic rings. The minimum absolute atomic E-state index is 0.447. The van der Waals surface area contributed by atoms with Crippen LogP contribution >= 0.6 is 11.8 Å². The highest BCUT2D eigenvalue weighted by atomic mass is 32.2. The van der Waals surface area contributed by atoms with Crippen LogP contribution in [0.15, 0.2) is 17.6 Å². The first-order valence-electron chi connectivity index (χ1n) is 3.37. The Hall–Kier alpha value is -1.01. The van der Waals surface area contributed by atoms with Gasteiger partial charge in [-0.05, 0) is 0 Å². The van der Waals surface area contributed by atoms with Crippen LogP contribution in [-0.4, -0.2) is 27.7 Å². The topological polar surface area (TPSA) is 97.8 Å². The summed E-state index contributed by atoms with van der Waals surface area (Å²) >= 11 is 1.37. The fourth-order valence-corrected chi connectivity index (χ4v) is 1.37. The van der Waals surface area contributed by atoms with Gasteiger partial charge in [-0.3, -0.25) is 4.79 Å². The summed E-state index contributed by atoms with van der Waals surface area (Å²) in [5, 5.41) is 0.742. The number of aromatic amines is 1. The number of nitrogens with zero attached hydrogens (tertiary/aromatic N) is 1. The number of rotatable bonds is 4. The first-order chi connectivity index (χ1) is 5.70. The van der Waals surface area contributed by atoms with E-state index in [1.165, 1.54) is 11.8 Å². The maximum Gasteiger partial charge on any atom is 0.235 e. The Labute approximate surface area is 73.9 Å². The number of amides is 1. The van der Waals surface area contributed by atoms with Gasteiger partial charge in [0.15, 0.2) is 5.16 Å². The van der Waals surface area contributed by atoms with Crippen LogP contribution in [0.25, 0.3) is 0 Å². The van der Waals surface area contributed by atoms with Gasteiger partial charge < -0.3 is 16.5 Å². The molecule has 1 rings (SSSR count). The van der Waals surface area contributed by atoms with Crippen LogP contribution in [0.5, 0.6) is 0 Å². The number of nitrogens with two attached hydrogens (primary N) is 2. The molecule has 1 unspecified atom stereocenters. The summed E-state index contributed by atoms with van der Waals surface area (Å²) in [6, 6.07) is -0.611. The number of aromatic nitrogens is 2. The maximum atomic E-state index is 10.5. The van der Waals surface area contributed by atoms with Gasteiger partial charge in [0.1, 0.15) is 0 Å². The van der Waals surface area contributed by atoms with E-state index in [4.69, 9.17) is 11.5 Å². The molecular weight excluding hydrogens is 176 g/mol. The van der Waals surface area contributed by atoms with E-state index in [0.29, 0.717) is 5.75 Å². The highest BCUT2D eigenvalue weighted by Crippen LogP contribution is 2.11. The molecule has 0 aliphatic heterocycles. The highest BCUT2D eigenvalue weighted by Gasteiger charge is 2.09. The van der Waals surface area contributed by atoms with Crippen molar-refractivity contribution in [1.82, 2.24) is 9.97 Å². The molecule has 1 amide bonds. The zero-order chi connectivity index (χ0) is 8.97. The van der Waals surface area contributed by atoms with Crippen molar-refractivity contribution in [2.24, 2.45) is 11.5 Å². The predicted octanol–water partition coefficient (Wildman–Crippen LogP) is -0.686. The first-order valence-corrected chi connectivity index (χ1v) is 4.36. The van der Waals surface area contributed by atoms with Gasteiger partial charge >= 0.3 is 0 Å². The van der Waals surface area contributed by atoms with Crippen LogP contribution in [0.4, 0.5) is 0 Å². The average Bonchev–Trinajstić information content (AvgIpc) is 2.51. The molecule has 5 nitrogen and oxygen atoms in total. The largest absolute Gasteiger partial charge is 0.368 e. The molecule has 66 valence electrons. The van der Waals surface area contributed by atoms with Gasteiger partial charge in [-0.2, -0.15) is 0 Å². The zero-order valence-electron chi connectivity index (χ0n) is 6.36. The van der Waals surface area contributed by atoms with E-state index in [9.17, 15) is 4.79 Å². The van der Waals surface area contributed by atoms with Crippen molar-refractivity contribution in [2.45, 2.75) is 11.2 Å². The van der Waals surface area contributed by atoms with Gasteiger partial charge in [-0.15, -0.1) is 0 Å². The Morgan fingerprint density at radius 2 is 2.58 bits per heavy atom. The van der Waals surface area contributed by atoms with Crippen LogP contribution in [0.3, 0.4) is 0 Å². The monoisotopic (exact) mass is 186 g/mol. The van der Waals surface area contributed by atoms with Crippen molar-refractivity contribution in [2.75, 3.05) is 5.75 Å². The molecule has 5 N–H and O–H groups in total. The highest BCUT2D eigenvalue weighted by molar-refractivity contribution is 7.99. The van der Waals surface area contributed by atoms with Crippen molar-refractivity contribution < 1.29 is 4.79 Å². The molecule has 1 heterocycles. The van der Waals surface area contributed by atoms with E-state index in [2.05, 4.69) is 9.97 Å². The van der Waals surface area contributed by atoms with Crippen LogP contribution in [0.1, 0.15) is 0 Å². The number of thioether (sulfide) groups is 1. The van der Waals surface area contributed by atoms with Crippen molar-refractivity contribution >= 4 is 17.7 Å². The average molecular weight is 186 g/mol. The van der Waals surface area contributed by atoms with Crippen molar-refractivity contribution in [3.05, 3.63) is 12.4 Å². The standard InChI is InChI=1S/C6H10N4OS/c7-4(5(8)11)3-12-6-9-1-2-10-6/h1-2,4H,3,7H2,(H2,8,11)(H,9,10). The fourth-order valence-electron chi connectivity index (χ4n) is 0.581. The second-order valence-corrected chi connectivity index (χ2v) is 3.22. The number of primary amides is 1. The molecule has 0 aliphatic rings. The number of hydrogen-bond acceptors (Lipinski definition) is 4. The molecule has 0 saturated heterocycles. The Balaban J connectivity index is 2.31. The van der Waals surface area contributed by atoms with E-state index >= 15 is 0 Å². The van der Waals surface area contributed by atoms with Crippen molar-refractivity contribution in [3.63, 3.8) is 0 Å². The first kappa shape index (κ1) is 9.08. The minimum Gasteiger partial charge on any atom is -0.368 e. The summed E-state index contributed by atoms with van der Waals surface area (Å²) in [6.07, 6.45) is 3.34. The molecule has 6 heteroatoms. The fraction of sp³-hybridized carbons (Fsp3) is 0.333. The minimum atomic E-state index is -0.611. The Bertz CT molecular complexity index is 248. The van der Waals surface area contributed by atoms with Gasteiger partial charge in [-0.25, -0.2) is 4.98 Å². The van der Waals surface area contributed by atoms with Gasteiger partial charge in [0.2, 0.25) is 5.91 Å². The number of nitrogens with one attached hydrogen (secondary N) is 1. The number of carbonyl (C=O) groups is 1. The SMILES string of the molecule is NC(=O)C(N)CSc1ncc[nH]1. The molecule has 0 radical (unpaired) electrons. The molecule has 0 aliphatic carbocycles. The molecular formula is C6H10N4OS. The number of imidazole rings is 1. The van der Waals surface area contributed by atoms with E-state index in [1.54, 1.807) is 12.4 Å². The third-order valence-electron chi connectivity index (χ3n) is 1.24. The zero-order valence-corrected chi connectivity index (χ0v) is 7.17. The van der Waals surface area contributed by atoms with Crippen molar-refractivity contribution in [1.29, 1.82) is 0 Å². The van der Waals surface area contributed by atoms with Crippen LogP contribution in [0, 0.1) is 0 Å². The lowest BCUT2D eigenvalue weighted by atomic mass is 10.3. The smallest absolute Gasteiger partial charge is 0.235 e. The lowest BCUT2D eigenvalue weighted by molar-refractivity contribution is -0.118. The third kappa shape index (κ3) is 2.55. The molecule has 0 fully saturated rings. The molecule has 0 aromatic carbocycles. The summed E-state index contributed by atoms with van der Waals surface area (Å²) in [4.78, 5) is 17.3. The second kappa shape index (κ2) is 4.13. The molecule has 1 atom stereocenters. The lowest BCUT2D eigenvalue weighted by Crippen LogP contribution is -2.38.